The van der Waals surface area contributed by atoms with Gasteiger partial charge in [0.2, 0.25) is 0 Å². The van der Waals surface area contributed by atoms with Gasteiger partial charge < -0.3 is 15.5 Å². The third kappa shape index (κ3) is 5.66. The van der Waals surface area contributed by atoms with E-state index in [1.807, 2.05) is 0 Å². The highest BCUT2D eigenvalue weighted by atomic mass is 19.4. The molecule has 0 atom stereocenters. The number of pyridine rings is 1. The molecule has 0 spiro atoms. The Kier molecular flexibility index (Phi) is 6.95. The molecular formula is C24H19F3N6O3. The first-order chi connectivity index (χ1) is 17.2. The van der Waals surface area contributed by atoms with E-state index in [-0.39, 0.29) is 23.3 Å². The summed E-state index contributed by atoms with van der Waals surface area (Å²) < 4.78 is 44.7. The minimum absolute atomic E-state index is 0.0203. The first kappa shape index (κ1) is 24.4. The molecule has 0 aliphatic rings. The maximum Gasteiger partial charge on any atom is 0.433 e. The van der Waals surface area contributed by atoms with E-state index in [9.17, 15) is 22.8 Å². The molecule has 4 rings (SSSR count). The molecule has 0 aliphatic carbocycles. The van der Waals surface area contributed by atoms with Crippen LogP contribution in [-0.2, 0) is 12.6 Å². The minimum atomic E-state index is -4.64. The molecule has 2 aromatic heterocycles. The molecule has 184 valence electrons. The van der Waals surface area contributed by atoms with E-state index in [4.69, 9.17) is 10.1 Å². The molecule has 2 aromatic carbocycles. The summed E-state index contributed by atoms with van der Waals surface area (Å²) in [5, 5.41) is 16.4. The predicted molar refractivity (Wildman–Crippen MR) is 125 cm³/mol. The molecule has 1 amide bonds. The number of carbonyl (C=O) groups excluding carboxylic acids is 1. The van der Waals surface area contributed by atoms with E-state index in [0.29, 0.717) is 29.2 Å². The first-order valence-electron chi connectivity index (χ1n) is 10.6. The van der Waals surface area contributed by atoms with E-state index in [0.717, 1.165) is 18.5 Å². The molecule has 4 N–H and O–H groups in total. The number of hydrogen-bond donors (Lipinski definition) is 4. The Hall–Kier alpha value is -4.74. The molecule has 0 aliphatic heterocycles. The van der Waals surface area contributed by atoms with E-state index in [2.05, 4.69) is 25.5 Å². The van der Waals surface area contributed by atoms with Crippen molar-refractivity contribution < 1.29 is 22.7 Å². The summed E-state index contributed by atoms with van der Waals surface area (Å²) in [6, 6.07) is 13.8. The van der Waals surface area contributed by atoms with Crippen molar-refractivity contribution in [2.75, 3.05) is 11.9 Å². The van der Waals surface area contributed by atoms with Crippen molar-refractivity contribution in [1.29, 1.82) is 5.41 Å². The van der Waals surface area contributed by atoms with Crippen LogP contribution in [0.5, 0.6) is 5.75 Å². The molecule has 0 saturated carbocycles. The lowest BCUT2D eigenvalue weighted by Gasteiger charge is -2.13. The van der Waals surface area contributed by atoms with Crippen molar-refractivity contribution in [3.05, 3.63) is 93.9 Å². The van der Waals surface area contributed by atoms with E-state index >= 15 is 0 Å². The van der Waals surface area contributed by atoms with Gasteiger partial charge in [-0.05, 0) is 35.9 Å². The summed E-state index contributed by atoms with van der Waals surface area (Å²) in [4.78, 5) is 30.1. The first-order valence-corrected chi connectivity index (χ1v) is 10.6. The maximum atomic E-state index is 13.0. The monoisotopic (exact) mass is 496 g/mol. The molecule has 12 heteroatoms. The summed E-state index contributed by atoms with van der Waals surface area (Å²) in [5.41, 5.74) is -0.139. The predicted octanol–water partition coefficient (Wildman–Crippen LogP) is 4.05. The Bertz CT molecular complexity index is 1460. The molecule has 0 bridgehead atoms. The van der Waals surface area contributed by atoms with Crippen molar-refractivity contribution in [2.24, 2.45) is 0 Å². The van der Waals surface area contributed by atoms with Crippen LogP contribution in [0, 0.1) is 5.41 Å². The number of alkyl halides is 3. The molecule has 0 unspecified atom stereocenters. The second-order valence-corrected chi connectivity index (χ2v) is 7.55. The van der Waals surface area contributed by atoms with Crippen molar-refractivity contribution in [2.45, 2.75) is 12.6 Å². The van der Waals surface area contributed by atoms with Crippen molar-refractivity contribution in [3.8, 4) is 16.9 Å². The van der Waals surface area contributed by atoms with Gasteiger partial charge in [-0.15, -0.1) is 0 Å². The summed E-state index contributed by atoms with van der Waals surface area (Å²) in [5.74, 6) is 0.360. The highest BCUT2D eigenvalue weighted by Gasteiger charge is 2.33. The summed E-state index contributed by atoms with van der Waals surface area (Å²) in [7, 11) is 0. The number of aromatic nitrogens is 4. The van der Waals surface area contributed by atoms with Crippen LogP contribution in [0.15, 0.2) is 65.6 Å². The zero-order valence-electron chi connectivity index (χ0n) is 18.5. The number of H-pyrrole nitrogens is 2. The van der Waals surface area contributed by atoms with Gasteiger partial charge in [-0.3, -0.25) is 14.8 Å². The maximum absolute atomic E-state index is 13.0. The van der Waals surface area contributed by atoms with Crippen molar-refractivity contribution in [1.82, 2.24) is 20.2 Å². The molecule has 0 radical (unpaired) electrons. The Morgan fingerprint density at radius 3 is 2.67 bits per heavy atom. The van der Waals surface area contributed by atoms with Gasteiger partial charge in [-0.1, -0.05) is 24.3 Å². The van der Waals surface area contributed by atoms with Gasteiger partial charge in [-0.25, -0.2) is 9.89 Å². The average molecular weight is 496 g/mol. The average Bonchev–Trinajstić information content (AvgIpc) is 3.29. The number of aromatic amines is 2. The van der Waals surface area contributed by atoms with Gasteiger partial charge in [0.05, 0.1) is 12.3 Å². The zero-order valence-corrected chi connectivity index (χ0v) is 18.5. The highest BCUT2D eigenvalue weighted by Crippen LogP contribution is 2.31. The topological polar surface area (TPSA) is 137 Å². The van der Waals surface area contributed by atoms with Gasteiger partial charge in [0.1, 0.15) is 17.3 Å². The number of rotatable bonds is 8. The van der Waals surface area contributed by atoms with Crippen LogP contribution < -0.4 is 15.7 Å². The SMILES string of the molecule is N=Cc1cc(C(F)(F)F)ncc1-c1cccc(C(=O)Nc2ccccc2OCCc2n[nH]c(=O)[nH]2)c1. The quantitative estimate of drug-likeness (QED) is 0.273. The third-order valence-corrected chi connectivity index (χ3v) is 5.10. The summed E-state index contributed by atoms with van der Waals surface area (Å²) in [6.07, 6.45) is -2.45. The number of nitrogens with zero attached hydrogens (tertiary/aromatic N) is 2. The van der Waals surface area contributed by atoms with Crippen molar-refractivity contribution in [3.63, 3.8) is 0 Å². The Labute approximate surface area is 201 Å². The van der Waals surface area contributed by atoms with Crippen LogP contribution in [0.2, 0.25) is 0 Å². The minimum Gasteiger partial charge on any atom is -0.491 e. The molecule has 0 fully saturated rings. The fraction of sp³-hybridized carbons (Fsp3) is 0.125. The van der Waals surface area contributed by atoms with E-state index in [1.54, 1.807) is 42.5 Å². The Morgan fingerprint density at radius 2 is 1.94 bits per heavy atom. The van der Waals surface area contributed by atoms with Crippen LogP contribution in [0.4, 0.5) is 18.9 Å². The fourth-order valence-corrected chi connectivity index (χ4v) is 3.39. The molecule has 2 heterocycles. The number of carbonyl (C=O) groups is 1. The van der Waals surface area contributed by atoms with Gasteiger partial charge in [-0.2, -0.15) is 18.3 Å². The smallest absolute Gasteiger partial charge is 0.433 e. The van der Waals surface area contributed by atoms with Crippen LogP contribution in [0.1, 0.15) is 27.4 Å². The summed E-state index contributed by atoms with van der Waals surface area (Å²) in [6.45, 7) is 0.191. The summed E-state index contributed by atoms with van der Waals surface area (Å²) >= 11 is 0. The number of ether oxygens (including phenoxy) is 1. The lowest BCUT2D eigenvalue weighted by molar-refractivity contribution is -0.141. The fourth-order valence-electron chi connectivity index (χ4n) is 3.39. The van der Waals surface area contributed by atoms with Gasteiger partial charge >= 0.3 is 11.9 Å². The molecule has 4 aromatic rings. The number of hydrogen-bond acceptors (Lipinski definition) is 6. The lowest BCUT2D eigenvalue weighted by atomic mass is 9.99. The van der Waals surface area contributed by atoms with Crippen molar-refractivity contribution >= 4 is 17.8 Å². The molecule has 36 heavy (non-hydrogen) atoms. The van der Waals surface area contributed by atoms with Gasteiger partial charge in [0.15, 0.2) is 0 Å². The standard InChI is InChI=1S/C24H19F3N6O3/c25-24(26,27)20-11-16(12-28)17(13-29-20)14-4-3-5-15(10-14)22(34)30-18-6-1-2-7-19(18)36-9-8-21-31-23(35)33-32-21/h1-7,10-13,28H,8-9H2,(H,30,34)(H2,31,32,33,35). The largest absolute Gasteiger partial charge is 0.491 e. The molecule has 0 saturated heterocycles. The number of para-hydroxylation sites is 2. The lowest BCUT2D eigenvalue weighted by Crippen LogP contribution is -2.14. The van der Waals surface area contributed by atoms with Gasteiger partial charge in [0, 0.05) is 35.5 Å². The molecule has 9 nitrogen and oxygen atoms in total. The number of halogens is 3. The van der Waals surface area contributed by atoms with Crippen LogP contribution in [-0.4, -0.2) is 38.9 Å². The number of anilines is 1. The molecular weight excluding hydrogens is 477 g/mol. The Balaban J connectivity index is 1.51. The second kappa shape index (κ2) is 10.3. The Morgan fingerprint density at radius 1 is 1.14 bits per heavy atom. The van der Waals surface area contributed by atoms with Crippen LogP contribution >= 0.6 is 0 Å². The van der Waals surface area contributed by atoms with E-state index < -0.39 is 23.5 Å². The second-order valence-electron chi connectivity index (χ2n) is 7.55. The normalized spacial score (nSPS) is 11.2. The van der Waals surface area contributed by atoms with E-state index in [1.165, 1.54) is 6.07 Å². The number of nitrogens with one attached hydrogen (secondary N) is 4. The van der Waals surface area contributed by atoms with Crippen LogP contribution in [0.3, 0.4) is 0 Å². The number of amides is 1. The van der Waals surface area contributed by atoms with Gasteiger partial charge in [0.25, 0.3) is 5.91 Å². The number of benzene rings is 2. The zero-order chi connectivity index (χ0) is 25.7. The van der Waals surface area contributed by atoms with Crippen LogP contribution in [0.25, 0.3) is 11.1 Å². The highest BCUT2D eigenvalue weighted by molar-refractivity contribution is 6.06. The third-order valence-electron chi connectivity index (χ3n) is 5.10.